The van der Waals surface area contributed by atoms with Crippen molar-refractivity contribution in [2.75, 3.05) is 0 Å². The highest BCUT2D eigenvalue weighted by molar-refractivity contribution is 7.13. The minimum atomic E-state index is -0.759. The molecule has 140 valence electrons. The Labute approximate surface area is 166 Å². The molecule has 0 bridgehead atoms. The molecule has 3 heterocycles. The Morgan fingerprint density at radius 1 is 1.21 bits per heavy atom. The third-order valence-electron chi connectivity index (χ3n) is 3.93. The first-order chi connectivity index (χ1) is 13.6. The van der Waals surface area contributed by atoms with Crippen LogP contribution in [0.4, 0.5) is 0 Å². The molecule has 0 aliphatic rings. The van der Waals surface area contributed by atoms with Gasteiger partial charge in [-0.05, 0) is 28.5 Å². The van der Waals surface area contributed by atoms with Crippen molar-refractivity contribution >= 4 is 28.8 Å². The number of amides is 1. The molecule has 1 aromatic carbocycles. The fourth-order valence-corrected chi connectivity index (χ4v) is 3.64. The summed E-state index contributed by atoms with van der Waals surface area (Å²) < 4.78 is 3.83. The lowest BCUT2D eigenvalue weighted by molar-refractivity contribution is 0.0942. The first kappa shape index (κ1) is 18.0. The first-order valence-electron chi connectivity index (χ1n) is 8.13. The molecule has 0 saturated heterocycles. The van der Waals surface area contributed by atoms with Crippen molar-refractivity contribution in [1.82, 2.24) is 24.9 Å². The van der Waals surface area contributed by atoms with Gasteiger partial charge in [-0.15, -0.1) is 16.4 Å². The van der Waals surface area contributed by atoms with Crippen molar-refractivity contribution in [1.29, 1.82) is 0 Å². The Morgan fingerprint density at radius 3 is 2.71 bits per heavy atom. The van der Waals surface area contributed by atoms with Gasteiger partial charge in [0.2, 0.25) is 5.75 Å². The number of hydrogen-bond acceptors (Lipinski definition) is 8. The maximum absolute atomic E-state index is 12.5. The van der Waals surface area contributed by atoms with E-state index < -0.39 is 17.2 Å². The molecule has 10 heteroatoms. The van der Waals surface area contributed by atoms with Crippen molar-refractivity contribution in [2.45, 2.75) is 6.54 Å². The fourth-order valence-electron chi connectivity index (χ4n) is 2.51. The number of aromatic nitrogens is 4. The van der Waals surface area contributed by atoms with Crippen molar-refractivity contribution in [3.63, 3.8) is 0 Å². The molecule has 0 aliphatic carbocycles. The molecule has 0 unspecified atom stereocenters. The topological polar surface area (TPSA) is 121 Å². The Kier molecular flexibility index (Phi) is 4.96. The zero-order chi connectivity index (χ0) is 19.5. The summed E-state index contributed by atoms with van der Waals surface area (Å²) in [5.41, 5.74) is 1.50. The highest BCUT2D eigenvalue weighted by Crippen LogP contribution is 2.22. The Bertz CT molecular complexity index is 1150. The molecule has 3 N–H and O–H groups in total. The maximum atomic E-state index is 12.5. The molecule has 0 atom stereocenters. The first-order valence-corrected chi connectivity index (χ1v) is 9.85. The second-order valence-corrected chi connectivity index (χ2v) is 7.32. The smallest absolute Gasteiger partial charge is 0.294 e. The van der Waals surface area contributed by atoms with Crippen LogP contribution in [-0.2, 0) is 6.54 Å². The lowest BCUT2D eigenvalue weighted by atomic mass is 10.1. The average molecular weight is 411 g/mol. The quantitative estimate of drug-likeness (QED) is 0.464. The number of benzene rings is 1. The predicted octanol–water partition coefficient (Wildman–Crippen LogP) is 2.65. The van der Waals surface area contributed by atoms with Gasteiger partial charge in [0.15, 0.2) is 11.5 Å². The number of carbonyl (C=O) groups is 1. The summed E-state index contributed by atoms with van der Waals surface area (Å²) in [5.74, 6) is -1.09. The monoisotopic (exact) mass is 411 g/mol. The SMILES string of the molecule is O=C(NCc1ccc(-c2csnn2)cc1)c1nc(-c2cccs2)[nH]c(=O)c1O. The van der Waals surface area contributed by atoms with Crippen LogP contribution in [-0.4, -0.2) is 30.6 Å². The van der Waals surface area contributed by atoms with Crippen LogP contribution in [0.2, 0.25) is 0 Å². The van der Waals surface area contributed by atoms with Gasteiger partial charge in [-0.25, -0.2) is 4.98 Å². The standard InChI is InChI=1S/C18H13N5O3S2/c24-15-14(20-16(21-18(15)26)13-2-1-7-27-13)17(25)19-8-10-3-5-11(6-4-10)12-9-28-23-22-12/h1-7,9,24H,8H2,(H,19,25)(H,20,21,26). The van der Waals surface area contributed by atoms with E-state index in [4.69, 9.17) is 0 Å². The molecule has 0 spiro atoms. The van der Waals surface area contributed by atoms with Crippen molar-refractivity contribution in [2.24, 2.45) is 0 Å². The summed E-state index contributed by atoms with van der Waals surface area (Å²) in [6, 6.07) is 11.1. The van der Waals surface area contributed by atoms with Gasteiger partial charge in [0, 0.05) is 17.5 Å². The number of aromatic hydroxyl groups is 1. The molecule has 0 saturated carbocycles. The highest BCUT2D eigenvalue weighted by Gasteiger charge is 2.18. The van der Waals surface area contributed by atoms with Crippen LogP contribution in [0.1, 0.15) is 16.1 Å². The number of rotatable bonds is 5. The summed E-state index contributed by atoms with van der Waals surface area (Å²) >= 11 is 2.64. The third-order valence-corrected chi connectivity index (χ3v) is 5.31. The van der Waals surface area contributed by atoms with Gasteiger partial charge in [0.05, 0.1) is 4.88 Å². The van der Waals surface area contributed by atoms with E-state index in [0.29, 0.717) is 4.88 Å². The molecular formula is C18H13N5O3S2. The van der Waals surface area contributed by atoms with Gasteiger partial charge in [-0.1, -0.05) is 34.8 Å². The summed E-state index contributed by atoms with van der Waals surface area (Å²) in [5, 5.41) is 20.3. The number of H-pyrrole nitrogens is 1. The predicted molar refractivity (Wildman–Crippen MR) is 106 cm³/mol. The third kappa shape index (κ3) is 3.68. The normalized spacial score (nSPS) is 10.7. The van der Waals surface area contributed by atoms with E-state index in [0.717, 1.165) is 16.8 Å². The summed E-state index contributed by atoms with van der Waals surface area (Å²) in [7, 11) is 0. The van der Waals surface area contributed by atoms with Gasteiger partial charge in [0.25, 0.3) is 11.5 Å². The van der Waals surface area contributed by atoms with E-state index in [9.17, 15) is 14.7 Å². The van der Waals surface area contributed by atoms with Crippen LogP contribution in [0.5, 0.6) is 5.75 Å². The molecule has 0 aliphatic heterocycles. The second kappa shape index (κ2) is 7.71. The number of carbonyl (C=O) groups excluding carboxylic acids is 1. The molecule has 4 rings (SSSR count). The maximum Gasteiger partial charge on any atom is 0.294 e. The van der Waals surface area contributed by atoms with Crippen LogP contribution in [0, 0.1) is 0 Å². The highest BCUT2D eigenvalue weighted by atomic mass is 32.1. The van der Waals surface area contributed by atoms with E-state index in [2.05, 4.69) is 24.9 Å². The number of aromatic amines is 1. The van der Waals surface area contributed by atoms with Crippen molar-refractivity contribution in [3.05, 3.63) is 68.8 Å². The molecule has 1 amide bonds. The van der Waals surface area contributed by atoms with Gasteiger partial charge in [0.1, 0.15) is 5.69 Å². The largest absolute Gasteiger partial charge is 0.501 e. The Morgan fingerprint density at radius 2 is 2.04 bits per heavy atom. The lowest BCUT2D eigenvalue weighted by Gasteiger charge is -2.08. The minimum Gasteiger partial charge on any atom is -0.501 e. The van der Waals surface area contributed by atoms with Gasteiger partial charge in [-0.2, -0.15) is 0 Å². The Balaban J connectivity index is 1.50. The number of thiophene rings is 1. The zero-order valence-corrected chi connectivity index (χ0v) is 15.9. The summed E-state index contributed by atoms with van der Waals surface area (Å²) in [4.78, 5) is 31.7. The molecule has 28 heavy (non-hydrogen) atoms. The van der Waals surface area contributed by atoms with E-state index in [1.54, 1.807) is 12.1 Å². The van der Waals surface area contributed by atoms with Crippen LogP contribution in [0.3, 0.4) is 0 Å². The van der Waals surface area contributed by atoms with E-state index in [1.165, 1.54) is 22.9 Å². The van der Waals surface area contributed by atoms with Crippen molar-refractivity contribution in [3.8, 4) is 27.7 Å². The van der Waals surface area contributed by atoms with E-state index in [-0.39, 0.29) is 18.1 Å². The average Bonchev–Trinajstić information content (AvgIpc) is 3.42. The van der Waals surface area contributed by atoms with Gasteiger partial charge in [-0.3, -0.25) is 9.59 Å². The Hall–Kier alpha value is -3.37. The van der Waals surface area contributed by atoms with Crippen LogP contribution in [0.25, 0.3) is 22.0 Å². The lowest BCUT2D eigenvalue weighted by Crippen LogP contribution is -2.26. The molecule has 4 aromatic rings. The van der Waals surface area contributed by atoms with Crippen molar-refractivity contribution < 1.29 is 9.90 Å². The van der Waals surface area contributed by atoms with E-state index in [1.807, 2.05) is 35.0 Å². The number of hydrogen-bond donors (Lipinski definition) is 3. The van der Waals surface area contributed by atoms with Gasteiger partial charge >= 0.3 is 0 Å². The summed E-state index contributed by atoms with van der Waals surface area (Å²) in [6.07, 6.45) is 0. The van der Waals surface area contributed by atoms with Crippen LogP contribution in [0.15, 0.2) is 52.0 Å². The number of nitrogens with zero attached hydrogens (tertiary/aromatic N) is 3. The second-order valence-electron chi connectivity index (χ2n) is 5.76. The number of nitrogens with one attached hydrogen (secondary N) is 2. The molecule has 3 aromatic heterocycles. The van der Waals surface area contributed by atoms with Gasteiger partial charge < -0.3 is 15.4 Å². The fraction of sp³-hybridized carbons (Fsp3) is 0.0556. The summed E-state index contributed by atoms with van der Waals surface area (Å²) in [6.45, 7) is 0.219. The van der Waals surface area contributed by atoms with E-state index >= 15 is 0 Å². The van der Waals surface area contributed by atoms with Crippen LogP contribution >= 0.6 is 22.9 Å². The molecule has 8 nitrogen and oxygen atoms in total. The zero-order valence-electron chi connectivity index (χ0n) is 14.2. The van der Waals surface area contributed by atoms with Crippen LogP contribution < -0.4 is 10.9 Å². The molecular weight excluding hydrogens is 398 g/mol. The molecule has 0 radical (unpaired) electrons. The molecule has 0 fully saturated rings. The minimum absolute atomic E-state index is 0.219.